The number of hydrogen-bond donors (Lipinski definition) is 29. The molecule has 6 amide bonds. The van der Waals surface area contributed by atoms with Crippen molar-refractivity contribution in [1.29, 1.82) is 0 Å². The van der Waals surface area contributed by atoms with Crippen LogP contribution in [0.1, 0.15) is 41.5 Å². The highest BCUT2D eigenvalue weighted by Crippen LogP contribution is 2.47. The lowest BCUT2D eigenvalue weighted by atomic mass is 9.93. The zero-order valence-electron chi connectivity index (χ0n) is 77.1. The highest BCUT2D eigenvalue weighted by molar-refractivity contribution is 7.47. The maximum atomic E-state index is 13.7. The third-order valence-corrected chi connectivity index (χ3v) is 25.6. The first-order valence-electron chi connectivity index (χ1n) is 43.9. The number of carbonyl (C=O) groups is 6. The second-order valence-electron chi connectivity index (χ2n) is 36.5. The molecule has 9 aliphatic rings. The molecule has 60 nitrogen and oxygen atoms in total. The Labute approximate surface area is 788 Å². The van der Waals surface area contributed by atoms with E-state index in [1.165, 1.54) is 0 Å². The van der Waals surface area contributed by atoms with Gasteiger partial charge < -0.3 is 238 Å². The number of amides is 6. The molecule has 800 valence electrons. The smallest absolute Gasteiger partial charge is 0.394 e. The molecule has 9 aliphatic heterocycles. The number of phosphoric acid groups is 2. The number of aliphatic hydroxyl groups excluding tert-OH is 21. The zero-order valence-corrected chi connectivity index (χ0v) is 78.9. The van der Waals surface area contributed by atoms with E-state index in [-0.39, 0.29) is 22.1 Å². The summed E-state index contributed by atoms with van der Waals surface area (Å²) < 4.78 is 153. The number of phosphoric ester groups is 2. The van der Waals surface area contributed by atoms with Gasteiger partial charge in [-0.1, -0.05) is 0 Å². The molecule has 0 aromatic carbocycles. The van der Waals surface area contributed by atoms with Crippen molar-refractivity contribution in [1.82, 2.24) is 31.9 Å². The van der Waals surface area contributed by atoms with Crippen molar-refractivity contribution >= 4 is 51.1 Å². The molecule has 2 unspecified atom stereocenters. The van der Waals surface area contributed by atoms with Crippen LogP contribution in [0.4, 0.5) is 0 Å². The fourth-order valence-electron chi connectivity index (χ4n) is 16.5. The van der Waals surface area contributed by atoms with Crippen LogP contribution in [0.3, 0.4) is 0 Å². The predicted octanol–water partition coefficient (Wildman–Crippen LogP) is -18.1. The molecular weight excluding hydrogens is 1920 g/mol. The zero-order chi connectivity index (χ0) is 103. The number of likely N-dealkylation sites (N-methyl/N-ethyl adjacent to an activating group) is 2. The fourth-order valence-corrected chi connectivity index (χ4v) is 18.0. The molecule has 0 aliphatic carbocycles. The van der Waals surface area contributed by atoms with Crippen LogP contribution in [0.15, 0.2) is 0 Å². The van der Waals surface area contributed by atoms with Gasteiger partial charge in [-0.3, -0.25) is 46.9 Å². The molecule has 0 bridgehead atoms. The first-order valence-corrected chi connectivity index (χ1v) is 46.9. The molecule has 29 N–H and O–H groups in total. The minimum atomic E-state index is -5.26. The van der Waals surface area contributed by atoms with E-state index in [2.05, 4.69) is 31.9 Å². The summed E-state index contributed by atoms with van der Waals surface area (Å²) in [6.45, 7) is -5.59. The monoisotopic (exact) mass is 2050 g/mol. The maximum Gasteiger partial charge on any atom is 0.472 e. The summed E-state index contributed by atoms with van der Waals surface area (Å²) in [6.07, 6.45) is -85.6. The first kappa shape index (κ1) is 117. The topological polar surface area (TPSA) is 868 Å². The van der Waals surface area contributed by atoms with Crippen molar-refractivity contribution < 1.29 is 263 Å². The second kappa shape index (κ2) is 50.7. The van der Waals surface area contributed by atoms with Crippen molar-refractivity contribution in [3.05, 3.63) is 0 Å². The molecule has 9 heterocycles. The van der Waals surface area contributed by atoms with Gasteiger partial charge in [-0.2, -0.15) is 0 Å². The molecule has 0 radical (unpaired) electrons. The Morgan fingerprint density at radius 3 is 0.855 bits per heavy atom. The van der Waals surface area contributed by atoms with E-state index in [0.717, 1.165) is 41.5 Å². The third-order valence-electron chi connectivity index (χ3n) is 23.6. The molecule has 0 aromatic rings. The molecule has 9 rings (SSSR count). The van der Waals surface area contributed by atoms with E-state index in [0.29, 0.717) is 0 Å². The summed E-state index contributed by atoms with van der Waals surface area (Å²) in [5, 5.41) is 256. The number of hydrogen-bond acceptors (Lipinski definition) is 50. The number of nitrogens with one attached hydrogen (secondary N) is 6. The number of nitrogens with zero attached hydrogens (tertiary/aromatic N) is 2. The third kappa shape index (κ3) is 30.1. The van der Waals surface area contributed by atoms with Crippen molar-refractivity contribution in [2.24, 2.45) is 0 Å². The van der Waals surface area contributed by atoms with E-state index in [1.807, 2.05) is 0 Å². The van der Waals surface area contributed by atoms with Gasteiger partial charge in [0.05, 0.1) is 102 Å². The summed E-state index contributed by atoms with van der Waals surface area (Å²) in [5.74, 6) is -5.61. The number of quaternary nitrogens is 2. The summed E-state index contributed by atoms with van der Waals surface area (Å²) in [4.78, 5) is 99.7. The maximum absolute atomic E-state index is 13.7. The van der Waals surface area contributed by atoms with E-state index >= 15 is 0 Å². The lowest BCUT2D eigenvalue weighted by Gasteiger charge is -2.51. The number of ether oxygens (including phenoxy) is 17. The Kier molecular flexibility index (Phi) is 43.0. The summed E-state index contributed by atoms with van der Waals surface area (Å²) in [6, 6.07) is -11.5. The Morgan fingerprint density at radius 1 is 0.261 bits per heavy atom. The first-order chi connectivity index (χ1) is 64.5. The SMILES string of the molecule is CC(=O)N[C@@H]1[C@@H](O)[C@H](O[C@@H]2O[C@H](CO)[C@@H](O[C@@H]3O[C@H](CO[C@H]4O[C@H](CO)[C@@H](O)[C@H](O)[C@@H]4O[C@@H]4O[C@H](COP(=O)(O)OCC[N+](C)(C)C)[C@@H](O[C@@H]5O[C@H](CO)[C@H](O)[C@H](O)[C@H]5NC(C)=O)[C@H](O)[C@H]4NC(C)=O)[C@@H](O)[C@H](O[C@H]4O[C@H](CO)[C@@H](O)[C@H](O)[C@@H]4O[C@@H]4O[C@H](COP(=O)(O)OCC[N+](C)(C)C)[C@@H](O[C@@H]5O[C@H](CO)[C@H](O)[C@H](O)[C@H]5NC(C)=O)[C@H](O)[C@H]4NC(C)=O)[C@@H]3O)[C@H](O)[C@H]2NC(C)=O)[C@@H](CO)O[C@H]1O. The normalized spacial score (nSPS) is 43.1. The van der Waals surface area contributed by atoms with Gasteiger partial charge in [-0.05, 0) is 0 Å². The van der Waals surface area contributed by atoms with Gasteiger partial charge >= 0.3 is 15.6 Å². The quantitative estimate of drug-likeness (QED) is 0.0199. The van der Waals surface area contributed by atoms with Crippen LogP contribution in [0.25, 0.3) is 0 Å². The molecule has 62 heteroatoms. The Balaban J connectivity index is 1.12. The molecule has 0 spiro atoms. The van der Waals surface area contributed by atoms with Crippen molar-refractivity contribution in [2.45, 2.75) is 318 Å². The summed E-state index contributed by atoms with van der Waals surface area (Å²) >= 11 is 0. The van der Waals surface area contributed by atoms with Crippen LogP contribution < -0.4 is 31.9 Å². The largest absolute Gasteiger partial charge is 0.472 e. The van der Waals surface area contributed by atoms with Crippen molar-refractivity contribution in [3.63, 3.8) is 0 Å². The average molecular weight is 2060 g/mol. The lowest BCUT2D eigenvalue weighted by Crippen LogP contribution is -2.71. The van der Waals surface area contributed by atoms with E-state index in [9.17, 15) is 155 Å². The Hall–Kier alpha value is -4.56. The summed E-state index contributed by atoms with van der Waals surface area (Å²) in [5.41, 5.74) is 0. The van der Waals surface area contributed by atoms with Crippen LogP contribution in [-0.2, 0) is 137 Å². The average Bonchev–Trinajstić information content (AvgIpc) is 0.764. The van der Waals surface area contributed by atoms with E-state index < -0.39 is 400 Å². The van der Waals surface area contributed by atoms with E-state index in [1.54, 1.807) is 42.3 Å². The van der Waals surface area contributed by atoms with Crippen LogP contribution in [-0.4, -0.2) is 565 Å². The Bertz CT molecular complexity index is 3980. The number of carbonyl (C=O) groups excluding carboxylic acids is 6. The van der Waals surface area contributed by atoms with Gasteiger partial charge in [0, 0.05) is 41.5 Å². The fraction of sp³-hybridized carbons (Fsp3) is 0.921. The van der Waals surface area contributed by atoms with Crippen LogP contribution in [0, 0.1) is 0 Å². The number of aliphatic hydroxyl groups is 21. The molecule has 47 atom stereocenters. The molecule has 9 saturated heterocycles. The molecule has 0 saturated carbocycles. The second-order valence-corrected chi connectivity index (χ2v) is 39.4. The van der Waals surface area contributed by atoms with Gasteiger partial charge in [0.15, 0.2) is 56.6 Å². The van der Waals surface area contributed by atoms with Gasteiger partial charge in [-0.15, -0.1) is 0 Å². The van der Waals surface area contributed by atoms with Crippen LogP contribution in [0.2, 0.25) is 0 Å². The van der Waals surface area contributed by atoms with Crippen molar-refractivity contribution in [2.75, 3.05) is 128 Å². The molecular formula is C76H136N8O52P2+2. The summed E-state index contributed by atoms with van der Waals surface area (Å²) in [7, 11) is -0.243. The molecule has 9 fully saturated rings. The van der Waals surface area contributed by atoms with E-state index in [4.69, 9.17) is 98.6 Å². The van der Waals surface area contributed by atoms with Gasteiger partial charge in [0.2, 0.25) is 35.4 Å². The van der Waals surface area contributed by atoms with Gasteiger partial charge in [-0.25, -0.2) is 9.13 Å². The molecule has 0 aromatic heterocycles. The predicted molar refractivity (Wildman–Crippen MR) is 442 cm³/mol. The van der Waals surface area contributed by atoms with Gasteiger partial charge in [0.1, 0.15) is 246 Å². The number of rotatable bonds is 43. The van der Waals surface area contributed by atoms with Crippen LogP contribution >= 0.6 is 15.6 Å². The van der Waals surface area contributed by atoms with Crippen molar-refractivity contribution in [3.8, 4) is 0 Å². The highest BCUT2D eigenvalue weighted by atomic mass is 31.2. The standard InChI is InChI=1S/C76H134N8O52P2/c1-26(91)77-41-54(104)61(36(21-89)121-68(41)111)130-71-44(80-29(4)94)55(105)62(37(22-90)126-71)133-74-60(110)65(134-76-67(59(109)50(100)35(20-88)125-76)136-73-46(82-31(6)96)57(107)64(40(129-73)25-120-138(114,115)118-16-14-84(10,11)12)132-70-43(79-28(3)93)53(103)48(98)33(18-86)123-70)51(101)38(127-74)23-116-75-66(58(108)49(99)34(19-87)124-75)135-72-45(81-30(5)95)56(106)63(39(128-72)24-119-137(112,113)117-15-13-83(7,8)9)131-69-42(78-27(2)92)52(102)47(97)32(17-85)122-69/h32-76,85-90,97-111H,13-25H2,1-12H3,(H6-2,77,78,79,80,81,82,91,92,93,94,95,96,112,113,114,115)/p+2/t32-,33-,34-,35-,36-,37-,38-,39-,40-,41-,42-,43-,44-,45-,46-,47+,48+,49-,50-,51-,52-,53-,54-,55-,56-,57-,58+,59+,60+,61-,62-,63-,64-,65+,66+,67+,68-,69+,70+,71+,72+,73+,74+,75+,76-/m1/s1. The lowest BCUT2D eigenvalue weighted by molar-refractivity contribution is -0.870. The minimum absolute atomic E-state index is 0.0894. The molecule has 138 heavy (non-hydrogen) atoms. The highest BCUT2D eigenvalue weighted by Gasteiger charge is 2.62. The minimum Gasteiger partial charge on any atom is -0.394 e. The van der Waals surface area contributed by atoms with Gasteiger partial charge in [0.25, 0.3) is 0 Å². The van der Waals surface area contributed by atoms with Crippen LogP contribution in [0.5, 0.6) is 0 Å². The Morgan fingerprint density at radius 2 is 0.514 bits per heavy atom.